The molecule has 0 aliphatic heterocycles. The van der Waals surface area contributed by atoms with E-state index < -0.39 is 0 Å². The van der Waals surface area contributed by atoms with Crippen LogP contribution in [0.15, 0.2) is 18.2 Å². The van der Waals surface area contributed by atoms with Gasteiger partial charge in [-0.15, -0.1) is 0 Å². The molecule has 2 rings (SSSR count). The SMILES string of the molecule is CCCn1c(CNCC(C)C)nc2ccc(Cl)cc21. The van der Waals surface area contributed by atoms with E-state index in [0.717, 1.165) is 47.9 Å². The molecule has 0 radical (unpaired) electrons. The van der Waals surface area contributed by atoms with Gasteiger partial charge in [0.05, 0.1) is 17.6 Å². The van der Waals surface area contributed by atoms with Crippen LogP contribution < -0.4 is 5.32 Å². The Morgan fingerprint density at radius 2 is 2.16 bits per heavy atom. The van der Waals surface area contributed by atoms with Crippen molar-refractivity contribution in [3.8, 4) is 0 Å². The average molecular weight is 280 g/mol. The summed E-state index contributed by atoms with van der Waals surface area (Å²) in [5.41, 5.74) is 2.16. The minimum atomic E-state index is 0.651. The zero-order valence-electron chi connectivity index (χ0n) is 11.9. The average Bonchev–Trinajstić information content (AvgIpc) is 2.68. The van der Waals surface area contributed by atoms with Gasteiger partial charge in [-0.2, -0.15) is 0 Å². The summed E-state index contributed by atoms with van der Waals surface area (Å²) < 4.78 is 2.27. The molecule has 1 N–H and O–H groups in total. The van der Waals surface area contributed by atoms with Gasteiger partial charge in [-0.05, 0) is 37.1 Å². The molecule has 4 heteroatoms. The van der Waals surface area contributed by atoms with Crippen molar-refractivity contribution in [2.45, 2.75) is 40.3 Å². The Morgan fingerprint density at radius 3 is 2.84 bits per heavy atom. The Labute approximate surface area is 120 Å². The van der Waals surface area contributed by atoms with Crippen molar-refractivity contribution in [3.05, 3.63) is 29.0 Å². The quantitative estimate of drug-likeness (QED) is 0.870. The highest BCUT2D eigenvalue weighted by Crippen LogP contribution is 2.21. The third kappa shape index (κ3) is 3.48. The van der Waals surface area contributed by atoms with Crippen LogP contribution in [-0.2, 0) is 13.1 Å². The van der Waals surface area contributed by atoms with Crippen molar-refractivity contribution in [1.82, 2.24) is 14.9 Å². The number of aromatic nitrogens is 2. The zero-order chi connectivity index (χ0) is 13.8. The first-order valence-electron chi connectivity index (χ1n) is 6.97. The van der Waals surface area contributed by atoms with Crippen molar-refractivity contribution >= 4 is 22.6 Å². The van der Waals surface area contributed by atoms with E-state index in [0.29, 0.717) is 5.92 Å². The highest BCUT2D eigenvalue weighted by atomic mass is 35.5. The Hall–Kier alpha value is -1.06. The van der Waals surface area contributed by atoms with Crippen LogP contribution in [-0.4, -0.2) is 16.1 Å². The van der Waals surface area contributed by atoms with Gasteiger partial charge < -0.3 is 9.88 Å². The molecule has 0 aliphatic carbocycles. The van der Waals surface area contributed by atoms with Crippen LogP contribution in [0.4, 0.5) is 0 Å². The van der Waals surface area contributed by atoms with Crippen molar-refractivity contribution in [2.24, 2.45) is 5.92 Å². The zero-order valence-corrected chi connectivity index (χ0v) is 12.7. The standard InChI is InChI=1S/C15H22ClN3/c1-4-7-19-14-8-12(16)5-6-13(14)18-15(19)10-17-9-11(2)3/h5-6,8,11,17H,4,7,9-10H2,1-3H3. The van der Waals surface area contributed by atoms with Gasteiger partial charge in [-0.1, -0.05) is 32.4 Å². The van der Waals surface area contributed by atoms with Gasteiger partial charge in [0.1, 0.15) is 5.82 Å². The third-order valence-corrected chi connectivity index (χ3v) is 3.31. The summed E-state index contributed by atoms with van der Waals surface area (Å²) in [6.07, 6.45) is 1.09. The number of nitrogens with one attached hydrogen (secondary N) is 1. The number of hydrogen-bond donors (Lipinski definition) is 1. The topological polar surface area (TPSA) is 29.9 Å². The Bertz CT molecular complexity index is 546. The summed E-state index contributed by atoms with van der Waals surface area (Å²) in [7, 11) is 0. The van der Waals surface area contributed by atoms with Gasteiger partial charge in [-0.3, -0.25) is 0 Å². The lowest BCUT2D eigenvalue weighted by Crippen LogP contribution is -2.21. The van der Waals surface area contributed by atoms with Crippen molar-refractivity contribution in [1.29, 1.82) is 0 Å². The maximum Gasteiger partial charge on any atom is 0.123 e. The molecule has 0 atom stereocenters. The van der Waals surface area contributed by atoms with E-state index in [9.17, 15) is 0 Å². The molecular weight excluding hydrogens is 258 g/mol. The highest BCUT2D eigenvalue weighted by molar-refractivity contribution is 6.31. The summed E-state index contributed by atoms with van der Waals surface area (Å²) >= 11 is 6.09. The predicted molar refractivity (Wildman–Crippen MR) is 81.6 cm³/mol. The van der Waals surface area contributed by atoms with Gasteiger partial charge in [0.2, 0.25) is 0 Å². The number of rotatable bonds is 6. The smallest absolute Gasteiger partial charge is 0.123 e. The first-order chi connectivity index (χ1) is 9.11. The predicted octanol–water partition coefficient (Wildman–Crippen LogP) is 3.85. The van der Waals surface area contributed by atoms with Crippen LogP contribution in [0, 0.1) is 5.92 Å². The van der Waals surface area contributed by atoms with Crippen LogP contribution in [0.2, 0.25) is 5.02 Å². The van der Waals surface area contributed by atoms with Crippen LogP contribution >= 0.6 is 11.6 Å². The molecule has 0 bridgehead atoms. The molecule has 0 saturated carbocycles. The van der Waals surface area contributed by atoms with Crippen LogP contribution in [0.5, 0.6) is 0 Å². The molecule has 0 saturated heterocycles. The molecule has 19 heavy (non-hydrogen) atoms. The molecular formula is C15H22ClN3. The monoisotopic (exact) mass is 279 g/mol. The first kappa shape index (κ1) is 14.4. The van der Waals surface area contributed by atoms with E-state index in [2.05, 4.69) is 30.7 Å². The first-order valence-corrected chi connectivity index (χ1v) is 7.35. The number of hydrogen-bond acceptors (Lipinski definition) is 2. The van der Waals surface area contributed by atoms with Gasteiger partial charge in [0.25, 0.3) is 0 Å². The molecule has 3 nitrogen and oxygen atoms in total. The fraction of sp³-hybridized carbons (Fsp3) is 0.533. The van der Waals surface area contributed by atoms with Crippen molar-refractivity contribution < 1.29 is 0 Å². The second-order valence-corrected chi connectivity index (χ2v) is 5.77. The second-order valence-electron chi connectivity index (χ2n) is 5.34. The Kier molecular flexibility index (Phi) is 4.83. The molecule has 1 heterocycles. The molecule has 1 aromatic heterocycles. The highest BCUT2D eigenvalue weighted by Gasteiger charge is 2.10. The summed E-state index contributed by atoms with van der Waals surface area (Å²) in [4.78, 5) is 4.71. The van der Waals surface area contributed by atoms with Crippen LogP contribution in [0.25, 0.3) is 11.0 Å². The minimum Gasteiger partial charge on any atom is -0.327 e. The van der Waals surface area contributed by atoms with Gasteiger partial charge >= 0.3 is 0 Å². The number of halogens is 1. The van der Waals surface area contributed by atoms with E-state index in [1.54, 1.807) is 0 Å². The second kappa shape index (κ2) is 6.40. The largest absolute Gasteiger partial charge is 0.327 e. The van der Waals surface area contributed by atoms with Crippen LogP contribution in [0.3, 0.4) is 0 Å². The van der Waals surface area contributed by atoms with Crippen LogP contribution in [0.1, 0.15) is 33.0 Å². The normalized spacial score (nSPS) is 11.6. The maximum absolute atomic E-state index is 6.09. The Balaban J connectivity index is 2.28. The van der Waals surface area contributed by atoms with Crippen molar-refractivity contribution in [3.63, 3.8) is 0 Å². The summed E-state index contributed by atoms with van der Waals surface area (Å²) in [6, 6.07) is 5.90. The molecule has 1 aromatic carbocycles. The van der Waals surface area contributed by atoms with E-state index in [-0.39, 0.29) is 0 Å². The summed E-state index contributed by atoms with van der Waals surface area (Å²) in [6.45, 7) is 9.40. The lowest BCUT2D eigenvalue weighted by Gasteiger charge is -2.10. The molecule has 0 aliphatic rings. The molecule has 2 aromatic rings. The molecule has 104 valence electrons. The van der Waals surface area contributed by atoms with E-state index in [4.69, 9.17) is 16.6 Å². The Morgan fingerprint density at radius 1 is 1.37 bits per heavy atom. The number of fused-ring (bicyclic) bond motifs is 1. The van der Waals surface area contributed by atoms with Gasteiger partial charge in [-0.25, -0.2) is 4.98 Å². The van der Waals surface area contributed by atoms with E-state index in [1.807, 2.05) is 18.2 Å². The maximum atomic E-state index is 6.09. The molecule has 0 spiro atoms. The summed E-state index contributed by atoms with van der Waals surface area (Å²) in [5.74, 6) is 1.75. The third-order valence-electron chi connectivity index (χ3n) is 3.07. The van der Waals surface area contributed by atoms with E-state index in [1.165, 1.54) is 0 Å². The fourth-order valence-electron chi connectivity index (χ4n) is 2.23. The van der Waals surface area contributed by atoms with Crippen molar-refractivity contribution in [2.75, 3.05) is 6.54 Å². The molecule has 0 fully saturated rings. The number of nitrogens with zero attached hydrogens (tertiary/aromatic N) is 2. The summed E-state index contributed by atoms with van der Waals surface area (Å²) in [5, 5.41) is 4.23. The lowest BCUT2D eigenvalue weighted by atomic mass is 10.2. The lowest BCUT2D eigenvalue weighted by molar-refractivity contribution is 0.528. The van der Waals surface area contributed by atoms with Gasteiger partial charge in [0.15, 0.2) is 0 Å². The number of imidazole rings is 1. The minimum absolute atomic E-state index is 0.651. The van der Waals surface area contributed by atoms with Gasteiger partial charge in [0, 0.05) is 11.6 Å². The van der Waals surface area contributed by atoms with E-state index >= 15 is 0 Å². The fourth-order valence-corrected chi connectivity index (χ4v) is 2.39. The molecule has 0 unspecified atom stereocenters. The number of benzene rings is 1. The number of aryl methyl sites for hydroxylation is 1. The molecule has 0 amide bonds.